The highest BCUT2D eigenvalue weighted by atomic mass is 32.1. The smallest absolute Gasteiger partial charge is 0.328 e. The van der Waals surface area contributed by atoms with Crippen molar-refractivity contribution >= 4 is 34.7 Å². The fraction of sp³-hybridized carbons (Fsp3) is 0.312. The number of carboxylic acid groups (broad SMARTS) is 1. The Bertz CT molecular complexity index is 600. The molecule has 0 spiro atoms. The maximum absolute atomic E-state index is 10.5. The minimum Gasteiger partial charge on any atom is -0.478 e. The second-order valence-corrected chi connectivity index (χ2v) is 7.29. The van der Waals surface area contributed by atoms with Crippen LogP contribution in [0.4, 0.5) is 0 Å². The van der Waals surface area contributed by atoms with Crippen molar-refractivity contribution in [2.75, 3.05) is 0 Å². The summed E-state index contributed by atoms with van der Waals surface area (Å²) in [6.45, 7) is 6.24. The second-order valence-electron chi connectivity index (χ2n) is 5.05. The summed E-state index contributed by atoms with van der Waals surface area (Å²) in [5.41, 5.74) is 0. The summed E-state index contributed by atoms with van der Waals surface area (Å²) in [4.78, 5) is 16.6. The lowest BCUT2D eigenvalue weighted by molar-refractivity contribution is -0.131. The SMILES string of the molecule is CC(C)N(Cc1cccs1)Cc1ccc(C=CC(=O)O)s1. The van der Waals surface area contributed by atoms with Crippen LogP contribution < -0.4 is 0 Å². The Hall–Kier alpha value is -1.43. The Labute approximate surface area is 133 Å². The highest BCUT2D eigenvalue weighted by Gasteiger charge is 2.12. The van der Waals surface area contributed by atoms with Gasteiger partial charge in [0.25, 0.3) is 0 Å². The minimum atomic E-state index is -0.911. The molecule has 0 atom stereocenters. The van der Waals surface area contributed by atoms with E-state index in [1.54, 1.807) is 28.7 Å². The number of carboxylic acids is 1. The van der Waals surface area contributed by atoms with Gasteiger partial charge in [0.15, 0.2) is 0 Å². The summed E-state index contributed by atoms with van der Waals surface area (Å²) >= 11 is 3.43. The Balaban J connectivity index is 2.02. The van der Waals surface area contributed by atoms with Crippen LogP contribution in [0.1, 0.15) is 28.5 Å². The molecule has 0 aliphatic rings. The van der Waals surface area contributed by atoms with E-state index in [0.717, 1.165) is 18.0 Å². The van der Waals surface area contributed by atoms with Crippen molar-refractivity contribution < 1.29 is 9.90 Å². The van der Waals surface area contributed by atoms with Crippen LogP contribution in [-0.4, -0.2) is 22.0 Å². The monoisotopic (exact) mass is 321 g/mol. The minimum absolute atomic E-state index is 0.465. The van der Waals surface area contributed by atoms with Crippen molar-refractivity contribution in [1.29, 1.82) is 0 Å². The van der Waals surface area contributed by atoms with Gasteiger partial charge in [0, 0.05) is 39.8 Å². The first-order chi connectivity index (χ1) is 10.0. The van der Waals surface area contributed by atoms with E-state index in [1.165, 1.54) is 15.8 Å². The fourth-order valence-electron chi connectivity index (χ4n) is 1.95. The normalized spacial score (nSPS) is 11.8. The lowest BCUT2D eigenvalue weighted by Gasteiger charge is -2.25. The van der Waals surface area contributed by atoms with Crippen molar-refractivity contribution in [2.24, 2.45) is 0 Å². The number of carbonyl (C=O) groups is 1. The summed E-state index contributed by atoms with van der Waals surface area (Å²) in [5, 5.41) is 10.8. The van der Waals surface area contributed by atoms with E-state index in [4.69, 9.17) is 5.11 Å². The quantitative estimate of drug-likeness (QED) is 0.772. The van der Waals surface area contributed by atoms with Gasteiger partial charge in [-0.1, -0.05) is 6.07 Å². The summed E-state index contributed by atoms with van der Waals surface area (Å²) in [7, 11) is 0. The van der Waals surface area contributed by atoms with Crippen molar-refractivity contribution in [2.45, 2.75) is 33.0 Å². The Morgan fingerprint density at radius 3 is 2.67 bits per heavy atom. The Kier molecular flexibility index (Phi) is 5.73. The summed E-state index contributed by atoms with van der Waals surface area (Å²) < 4.78 is 0. The fourth-order valence-corrected chi connectivity index (χ4v) is 3.62. The molecule has 0 unspecified atom stereocenters. The second kappa shape index (κ2) is 7.54. The van der Waals surface area contributed by atoms with Crippen LogP contribution in [-0.2, 0) is 17.9 Å². The molecule has 1 N–H and O–H groups in total. The first-order valence-corrected chi connectivity index (χ1v) is 8.50. The van der Waals surface area contributed by atoms with Crippen LogP contribution in [0.15, 0.2) is 35.7 Å². The van der Waals surface area contributed by atoms with Crippen LogP contribution in [0.25, 0.3) is 6.08 Å². The van der Waals surface area contributed by atoms with Gasteiger partial charge in [0.1, 0.15) is 0 Å². The van der Waals surface area contributed by atoms with E-state index in [0.29, 0.717) is 6.04 Å². The molecular weight excluding hydrogens is 302 g/mol. The third kappa shape index (κ3) is 5.12. The molecule has 0 aliphatic heterocycles. The molecule has 2 rings (SSSR count). The zero-order valence-corrected chi connectivity index (χ0v) is 13.8. The predicted molar refractivity (Wildman–Crippen MR) is 89.7 cm³/mol. The van der Waals surface area contributed by atoms with Crippen molar-refractivity contribution in [3.05, 3.63) is 50.4 Å². The topological polar surface area (TPSA) is 40.5 Å². The molecule has 2 aromatic rings. The molecule has 21 heavy (non-hydrogen) atoms. The van der Waals surface area contributed by atoms with E-state index in [1.807, 2.05) is 6.07 Å². The molecule has 2 aromatic heterocycles. The molecule has 112 valence electrons. The molecule has 0 aromatic carbocycles. The molecule has 3 nitrogen and oxygen atoms in total. The van der Waals surface area contributed by atoms with Gasteiger partial charge in [-0.15, -0.1) is 22.7 Å². The van der Waals surface area contributed by atoms with E-state index < -0.39 is 5.97 Å². The largest absolute Gasteiger partial charge is 0.478 e. The van der Waals surface area contributed by atoms with Gasteiger partial charge >= 0.3 is 5.97 Å². The number of rotatable bonds is 7. The number of thiophene rings is 2. The predicted octanol–water partition coefficient (Wildman–Crippen LogP) is 4.32. The summed E-state index contributed by atoms with van der Waals surface area (Å²) in [6.07, 6.45) is 2.83. The number of aliphatic carboxylic acids is 1. The van der Waals surface area contributed by atoms with Gasteiger partial charge in [-0.3, -0.25) is 4.90 Å². The van der Waals surface area contributed by atoms with Gasteiger partial charge in [-0.2, -0.15) is 0 Å². The number of hydrogen-bond acceptors (Lipinski definition) is 4. The highest BCUT2D eigenvalue weighted by molar-refractivity contribution is 7.12. The van der Waals surface area contributed by atoms with E-state index in [2.05, 4.69) is 42.3 Å². The molecule has 0 saturated carbocycles. The maximum Gasteiger partial charge on any atom is 0.328 e. The summed E-state index contributed by atoms with van der Waals surface area (Å²) in [5.74, 6) is -0.911. The standard InChI is InChI=1S/C16H19NO2S2/c1-12(2)17(10-14-4-3-9-20-14)11-15-6-5-13(21-15)7-8-16(18)19/h3-9,12H,10-11H2,1-2H3,(H,18,19). The summed E-state index contributed by atoms with van der Waals surface area (Å²) in [6, 6.07) is 8.76. The van der Waals surface area contributed by atoms with Crippen molar-refractivity contribution in [1.82, 2.24) is 4.90 Å². The molecule has 0 amide bonds. The maximum atomic E-state index is 10.5. The van der Waals surface area contributed by atoms with Crippen molar-refractivity contribution in [3.8, 4) is 0 Å². The van der Waals surface area contributed by atoms with Crippen LogP contribution in [0.5, 0.6) is 0 Å². The van der Waals surface area contributed by atoms with E-state index in [-0.39, 0.29) is 0 Å². The number of hydrogen-bond donors (Lipinski definition) is 1. The molecule has 0 bridgehead atoms. The average molecular weight is 321 g/mol. The first kappa shape index (κ1) is 15.9. The van der Waals surface area contributed by atoms with Crippen LogP contribution in [0, 0.1) is 0 Å². The van der Waals surface area contributed by atoms with Gasteiger partial charge in [0.05, 0.1) is 0 Å². The van der Waals surface area contributed by atoms with Gasteiger partial charge < -0.3 is 5.11 Å². The lowest BCUT2D eigenvalue weighted by Crippen LogP contribution is -2.29. The Morgan fingerprint density at radius 2 is 2.05 bits per heavy atom. The van der Waals surface area contributed by atoms with Gasteiger partial charge in [0.2, 0.25) is 0 Å². The Morgan fingerprint density at radius 1 is 1.29 bits per heavy atom. The first-order valence-electron chi connectivity index (χ1n) is 6.80. The zero-order chi connectivity index (χ0) is 15.2. The van der Waals surface area contributed by atoms with Gasteiger partial charge in [-0.25, -0.2) is 4.79 Å². The third-order valence-corrected chi connectivity index (χ3v) is 5.00. The van der Waals surface area contributed by atoms with Crippen LogP contribution >= 0.6 is 22.7 Å². The molecule has 0 radical (unpaired) electrons. The van der Waals surface area contributed by atoms with Crippen LogP contribution in [0.2, 0.25) is 0 Å². The molecule has 0 aliphatic carbocycles. The molecule has 5 heteroatoms. The molecule has 2 heterocycles. The van der Waals surface area contributed by atoms with Gasteiger partial charge in [-0.05, 0) is 43.5 Å². The van der Waals surface area contributed by atoms with E-state index >= 15 is 0 Å². The molecular formula is C16H19NO2S2. The molecule has 0 saturated heterocycles. The average Bonchev–Trinajstić information content (AvgIpc) is 3.07. The zero-order valence-electron chi connectivity index (χ0n) is 12.2. The number of nitrogens with zero attached hydrogens (tertiary/aromatic N) is 1. The van der Waals surface area contributed by atoms with Crippen molar-refractivity contribution in [3.63, 3.8) is 0 Å². The lowest BCUT2D eigenvalue weighted by atomic mass is 10.3. The highest BCUT2D eigenvalue weighted by Crippen LogP contribution is 2.22. The van der Waals surface area contributed by atoms with Crippen LogP contribution in [0.3, 0.4) is 0 Å². The third-order valence-electron chi connectivity index (χ3n) is 3.10. The molecule has 0 fully saturated rings. The van der Waals surface area contributed by atoms with E-state index in [9.17, 15) is 4.79 Å².